The smallest absolute Gasteiger partial charge is 0.134 e. The number of nitrogens with zero attached hydrogens (tertiary/aromatic N) is 1. The Balaban J connectivity index is 1.99. The number of rotatable bonds is 6. The molecule has 0 radical (unpaired) electrons. The topological polar surface area (TPSA) is 48.1 Å². The van der Waals surface area contributed by atoms with Crippen molar-refractivity contribution in [2.75, 3.05) is 0 Å². The summed E-state index contributed by atoms with van der Waals surface area (Å²) in [5, 5.41) is 0. The van der Waals surface area contributed by atoms with E-state index < -0.39 is 0 Å². The summed E-state index contributed by atoms with van der Waals surface area (Å²) in [7, 11) is 0. The number of benzene rings is 1. The second kappa shape index (κ2) is 7.41. The second-order valence-corrected chi connectivity index (χ2v) is 5.64. The number of nitrogens with two attached hydrogens (primary N) is 1. The highest BCUT2D eigenvalue weighted by molar-refractivity contribution is 9.10. The van der Waals surface area contributed by atoms with E-state index in [1.165, 1.54) is 5.56 Å². The van der Waals surface area contributed by atoms with Gasteiger partial charge in [-0.3, -0.25) is 4.98 Å². The zero-order valence-electron chi connectivity index (χ0n) is 11.6. The Morgan fingerprint density at radius 1 is 1.20 bits per heavy atom. The molecular weight excluding hydrogens is 316 g/mol. The van der Waals surface area contributed by atoms with E-state index in [0.717, 1.165) is 28.6 Å². The predicted molar refractivity (Wildman–Crippen MR) is 84.7 cm³/mol. The maximum absolute atomic E-state index is 5.98. The molecule has 106 valence electrons. The average molecular weight is 335 g/mol. The molecule has 1 heterocycles. The van der Waals surface area contributed by atoms with Crippen LogP contribution in [0.2, 0.25) is 0 Å². The van der Waals surface area contributed by atoms with Crippen LogP contribution in [0.5, 0.6) is 5.75 Å². The Kier molecular flexibility index (Phi) is 5.56. The molecule has 2 aromatic rings. The first kappa shape index (κ1) is 15.0. The zero-order valence-corrected chi connectivity index (χ0v) is 13.1. The summed E-state index contributed by atoms with van der Waals surface area (Å²) in [5.74, 6) is 0.843. The van der Waals surface area contributed by atoms with Crippen molar-refractivity contribution in [3.63, 3.8) is 0 Å². The standard InChI is InChI=1S/C16H19BrN2O/c1-2-14(18)9-13-3-4-16(15(17)10-13)20-11-12-5-7-19-8-6-12/h3-8,10,14H,2,9,11,18H2,1H3. The minimum atomic E-state index is 0.213. The van der Waals surface area contributed by atoms with E-state index in [-0.39, 0.29) is 6.04 Å². The molecule has 2 N–H and O–H groups in total. The molecule has 4 heteroatoms. The van der Waals surface area contributed by atoms with E-state index in [1.54, 1.807) is 12.4 Å². The van der Waals surface area contributed by atoms with Crippen molar-refractivity contribution in [2.24, 2.45) is 5.73 Å². The van der Waals surface area contributed by atoms with Gasteiger partial charge < -0.3 is 10.5 Å². The summed E-state index contributed by atoms with van der Waals surface area (Å²) in [5.41, 5.74) is 8.30. The average Bonchev–Trinajstić information content (AvgIpc) is 2.47. The molecule has 0 saturated carbocycles. The van der Waals surface area contributed by atoms with Crippen LogP contribution in [-0.2, 0) is 13.0 Å². The third kappa shape index (κ3) is 4.32. The minimum Gasteiger partial charge on any atom is -0.488 e. The summed E-state index contributed by atoms with van der Waals surface area (Å²) >= 11 is 3.55. The Bertz CT molecular complexity index is 545. The lowest BCUT2D eigenvalue weighted by atomic mass is 10.0. The van der Waals surface area contributed by atoms with Gasteiger partial charge in [-0.05, 0) is 64.2 Å². The van der Waals surface area contributed by atoms with Gasteiger partial charge in [0.15, 0.2) is 0 Å². The van der Waals surface area contributed by atoms with E-state index >= 15 is 0 Å². The third-order valence-electron chi connectivity index (χ3n) is 3.16. The first-order valence-electron chi connectivity index (χ1n) is 6.74. The maximum atomic E-state index is 5.98. The lowest BCUT2D eigenvalue weighted by Crippen LogP contribution is -2.21. The van der Waals surface area contributed by atoms with Crippen molar-refractivity contribution in [3.8, 4) is 5.75 Å². The normalized spacial score (nSPS) is 12.2. The molecule has 0 amide bonds. The molecule has 2 rings (SSSR count). The lowest BCUT2D eigenvalue weighted by molar-refractivity contribution is 0.304. The number of hydrogen-bond donors (Lipinski definition) is 1. The number of hydrogen-bond acceptors (Lipinski definition) is 3. The zero-order chi connectivity index (χ0) is 14.4. The van der Waals surface area contributed by atoms with Gasteiger partial charge in [0, 0.05) is 18.4 Å². The maximum Gasteiger partial charge on any atom is 0.134 e. The molecule has 0 aliphatic rings. The molecule has 0 fully saturated rings. The summed E-state index contributed by atoms with van der Waals surface area (Å²) in [6, 6.07) is 10.2. The second-order valence-electron chi connectivity index (χ2n) is 4.78. The highest BCUT2D eigenvalue weighted by atomic mass is 79.9. The Hall–Kier alpha value is -1.39. The van der Waals surface area contributed by atoms with Gasteiger partial charge >= 0.3 is 0 Å². The molecule has 20 heavy (non-hydrogen) atoms. The van der Waals surface area contributed by atoms with Crippen LogP contribution in [0.1, 0.15) is 24.5 Å². The van der Waals surface area contributed by atoms with Gasteiger partial charge in [0.1, 0.15) is 12.4 Å². The van der Waals surface area contributed by atoms with Crippen LogP contribution >= 0.6 is 15.9 Å². The van der Waals surface area contributed by atoms with E-state index in [0.29, 0.717) is 6.61 Å². The van der Waals surface area contributed by atoms with Crippen LogP contribution in [-0.4, -0.2) is 11.0 Å². The fourth-order valence-electron chi connectivity index (χ4n) is 1.88. The Labute approximate surface area is 128 Å². The van der Waals surface area contributed by atoms with E-state index in [1.807, 2.05) is 18.2 Å². The van der Waals surface area contributed by atoms with Gasteiger partial charge in [-0.2, -0.15) is 0 Å². The molecule has 3 nitrogen and oxygen atoms in total. The van der Waals surface area contributed by atoms with Gasteiger partial charge in [-0.1, -0.05) is 13.0 Å². The van der Waals surface area contributed by atoms with Gasteiger partial charge in [-0.15, -0.1) is 0 Å². The van der Waals surface area contributed by atoms with Crippen molar-refractivity contribution < 1.29 is 4.74 Å². The van der Waals surface area contributed by atoms with Crippen molar-refractivity contribution >= 4 is 15.9 Å². The first-order valence-corrected chi connectivity index (χ1v) is 7.54. The fraction of sp³-hybridized carbons (Fsp3) is 0.312. The van der Waals surface area contributed by atoms with Crippen LogP contribution in [0.3, 0.4) is 0 Å². The van der Waals surface area contributed by atoms with Crippen LogP contribution in [0.25, 0.3) is 0 Å². The number of halogens is 1. The predicted octanol–water partition coefficient (Wildman–Crippen LogP) is 3.70. The SMILES string of the molecule is CCC(N)Cc1ccc(OCc2ccncc2)c(Br)c1. The monoisotopic (exact) mass is 334 g/mol. The van der Waals surface area contributed by atoms with Gasteiger partial charge in [-0.25, -0.2) is 0 Å². The Morgan fingerprint density at radius 3 is 2.60 bits per heavy atom. The van der Waals surface area contributed by atoms with Crippen LogP contribution in [0.4, 0.5) is 0 Å². The molecular formula is C16H19BrN2O. The molecule has 0 aliphatic heterocycles. The van der Waals surface area contributed by atoms with Crippen molar-refractivity contribution in [2.45, 2.75) is 32.4 Å². The highest BCUT2D eigenvalue weighted by Gasteiger charge is 2.06. The third-order valence-corrected chi connectivity index (χ3v) is 3.78. The molecule has 0 spiro atoms. The van der Waals surface area contributed by atoms with Crippen molar-refractivity contribution in [1.29, 1.82) is 0 Å². The Morgan fingerprint density at radius 2 is 1.95 bits per heavy atom. The van der Waals surface area contributed by atoms with E-state index in [9.17, 15) is 0 Å². The van der Waals surface area contributed by atoms with Crippen molar-refractivity contribution in [3.05, 3.63) is 58.3 Å². The molecule has 0 saturated heterocycles. The van der Waals surface area contributed by atoms with E-state index in [2.05, 4.69) is 40.0 Å². The first-order chi connectivity index (χ1) is 9.69. The quantitative estimate of drug-likeness (QED) is 0.876. The molecule has 1 aromatic heterocycles. The lowest BCUT2D eigenvalue weighted by Gasteiger charge is -2.12. The number of aromatic nitrogens is 1. The molecule has 0 bridgehead atoms. The van der Waals surface area contributed by atoms with Gasteiger partial charge in [0.2, 0.25) is 0 Å². The van der Waals surface area contributed by atoms with E-state index in [4.69, 9.17) is 10.5 Å². The molecule has 1 unspecified atom stereocenters. The van der Waals surface area contributed by atoms with Gasteiger partial charge in [0.25, 0.3) is 0 Å². The molecule has 1 aromatic carbocycles. The summed E-state index contributed by atoms with van der Waals surface area (Å²) in [6.07, 6.45) is 5.41. The summed E-state index contributed by atoms with van der Waals surface area (Å²) in [6.45, 7) is 2.64. The summed E-state index contributed by atoms with van der Waals surface area (Å²) < 4.78 is 6.77. The largest absolute Gasteiger partial charge is 0.488 e. The number of pyridine rings is 1. The van der Waals surface area contributed by atoms with Crippen LogP contribution < -0.4 is 10.5 Å². The van der Waals surface area contributed by atoms with Gasteiger partial charge in [0.05, 0.1) is 4.47 Å². The molecule has 0 aliphatic carbocycles. The van der Waals surface area contributed by atoms with Crippen molar-refractivity contribution in [1.82, 2.24) is 4.98 Å². The highest BCUT2D eigenvalue weighted by Crippen LogP contribution is 2.27. The van der Waals surface area contributed by atoms with Crippen LogP contribution in [0.15, 0.2) is 47.2 Å². The molecule has 1 atom stereocenters. The number of ether oxygens (including phenoxy) is 1. The fourth-order valence-corrected chi connectivity index (χ4v) is 2.42. The minimum absolute atomic E-state index is 0.213. The van der Waals surface area contributed by atoms with Crippen LogP contribution in [0, 0.1) is 0 Å². The summed E-state index contributed by atoms with van der Waals surface area (Å²) in [4.78, 5) is 3.99.